The first-order valence-electron chi connectivity index (χ1n) is 8.57. The molecule has 8 heteroatoms. The second-order valence-corrected chi connectivity index (χ2v) is 6.27. The Bertz CT molecular complexity index is 1180. The Morgan fingerprint density at radius 3 is 2.50 bits per heavy atom. The molecule has 0 atom stereocenters. The van der Waals surface area contributed by atoms with Crippen LogP contribution in [0.3, 0.4) is 0 Å². The minimum Gasteiger partial charge on any atom is -0.459 e. The van der Waals surface area contributed by atoms with Crippen LogP contribution in [-0.4, -0.2) is 26.6 Å². The smallest absolute Gasteiger partial charge is 0.291 e. The van der Waals surface area contributed by atoms with Crippen LogP contribution < -0.4 is 10.6 Å². The SMILES string of the molecule is Cc1nn(C)c2ncc(C(=O)Nc3cccc(NC(=O)c4ccco4)c3)cc12. The molecule has 0 aliphatic heterocycles. The summed E-state index contributed by atoms with van der Waals surface area (Å²) >= 11 is 0. The number of rotatable bonds is 4. The van der Waals surface area contributed by atoms with Gasteiger partial charge >= 0.3 is 0 Å². The highest BCUT2D eigenvalue weighted by Gasteiger charge is 2.13. The quantitative estimate of drug-likeness (QED) is 0.569. The largest absolute Gasteiger partial charge is 0.459 e. The molecule has 0 radical (unpaired) electrons. The van der Waals surface area contributed by atoms with Gasteiger partial charge in [-0.25, -0.2) is 4.98 Å². The normalized spacial score (nSPS) is 10.8. The van der Waals surface area contributed by atoms with Gasteiger partial charge in [-0.15, -0.1) is 0 Å². The summed E-state index contributed by atoms with van der Waals surface area (Å²) in [7, 11) is 1.81. The summed E-state index contributed by atoms with van der Waals surface area (Å²) < 4.78 is 6.75. The first kappa shape index (κ1) is 17.5. The number of nitrogens with one attached hydrogen (secondary N) is 2. The number of nitrogens with zero attached hydrogens (tertiary/aromatic N) is 3. The lowest BCUT2D eigenvalue weighted by Gasteiger charge is -2.08. The maximum Gasteiger partial charge on any atom is 0.291 e. The van der Waals surface area contributed by atoms with Gasteiger partial charge in [-0.05, 0) is 43.3 Å². The van der Waals surface area contributed by atoms with E-state index in [0.29, 0.717) is 16.9 Å². The van der Waals surface area contributed by atoms with Crippen molar-refractivity contribution >= 4 is 34.2 Å². The van der Waals surface area contributed by atoms with Gasteiger partial charge in [0.2, 0.25) is 0 Å². The van der Waals surface area contributed by atoms with E-state index in [4.69, 9.17) is 4.42 Å². The van der Waals surface area contributed by atoms with Gasteiger partial charge in [-0.2, -0.15) is 5.10 Å². The minimum absolute atomic E-state index is 0.209. The van der Waals surface area contributed by atoms with Gasteiger partial charge < -0.3 is 15.1 Å². The van der Waals surface area contributed by atoms with Crippen LogP contribution in [0.4, 0.5) is 11.4 Å². The third-order valence-corrected chi connectivity index (χ3v) is 4.25. The molecule has 3 heterocycles. The molecule has 4 aromatic rings. The summed E-state index contributed by atoms with van der Waals surface area (Å²) in [6.07, 6.45) is 2.95. The molecule has 28 heavy (non-hydrogen) atoms. The van der Waals surface area contributed by atoms with Gasteiger partial charge in [0.1, 0.15) is 0 Å². The zero-order valence-corrected chi connectivity index (χ0v) is 15.3. The molecular weight excluding hydrogens is 358 g/mol. The maximum absolute atomic E-state index is 12.6. The third-order valence-electron chi connectivity index (χ3n) is 4.25. The zero-order chi connectivity index (χ0) is 19.7. The molecule has 8 nitrogen and oxygen atoms in total. The number of aromatic nitrogens is 3. The molecule has 0 spiro atoms. The Morgan fingerprint density at radius 2 is 1.79 bits per heavy atom. The van der Waals surface area contributed by atoms with E-state index in [9.17, 15) is 9.59 Å². The number of pyridine rings is 1. The summed E-state index contributed by atoms with van der Waals surface area (Å²) in [4.78, 5) is 29.0. The number of fused-ring (bicyclic) bond motifs is 1. The standard InChI is InChI=1S/C20H17N5O3/c1-12-16-9-13(11-21-18(16)25(2)24-12)19(26)22-14-5-3-6-15(10-14)23-20(27)17-7-4-8-28-17/h3-11H,1-2H3,(H,22,26)(H,23,27). The van der Waals surface area contributed by atoms with Crippen LogP contribution in [0.5, 0.6) is 0 Å². The number of benzene rings is 1. The molecule has 0 saturated heterocycles. The summed E-state index contributed by atoms with van der Waals surface area (Å²) in [6, 6.07) is 11.8. The molecule has 2 N–H and O–H groups in total. The summed E-state index contributed by atoms with van der Waals surface area (Å²) in [6.45, 7) is 1.87. The number of hydrogen-bond acceptors (Lipinski definition) is 5. The van der Waals surface area contributed by atoms with Crippen LogP contribution in [0.1, 0.15) is 26.6 Å². The van der Waals surface area contributed by atoms with E-state index < -0.39 is 0 Å². The third kappa shape index (κ3) is 3.35. The number of anilines is 2. The first-order chi connectivity index (χ1) is 13.5. The Morgan fingerprint density at radius 1 is 1.04 bits per heavy atom. The molecule has 0 fully saturated rings. The molecule has 0 saturated carbocycles. The fourth-order valence-corrected chi connectivity index (χ4v) is 2.91. The van der Waals surface area contributed by atoms with Gasteiger partial charge in [-0.3, -0.25) is 14.3 Å². The van der Waals surface area contributed by atoms with E-state index in [1.165, 1.54) is 12.5 Å². The van der Waals surface area contributed by atoms with Crippen LogP contribution in [0, 0.1) is 6.92 Å². The second kappa shape index (κ2) is 6.99. The first-order valence-corrected chi connectivity index (χ1v) is 8.57. The van der Waals surface area contributed by atoms with Crippen molar-refractivity contribution in [2.75, 3.05) is 10.6 Å². The Kier molecular flexibility index (Phi) is 4.36. The molecule has 0 unspecified atom stereocenters. The number of aryl methyl sites for hydroxylation is 2. The lowest BCUT2D eigenvalue weighted by molar-refractivity contribution is 0.0995. The molecule has 0 aliphatic carbocycles. The van der Waals surface area contributed by atoms with Crippen molar-refractivity contribution in [2.24, 2.45) is 7.05 Å². The van der Waals surface area contributed by atoms with Gasteiger partial charge in [0.25, 0.3) is 11.8 Å². The number of amides is 2. The van der Waals surface area contributed by atoms with Crippen molar-refractivity contribution in [3.63, 3.8) is 0 Å². The fourth-order valence-electron chi connectivity index (χ4n) is 2.91. The predicted octanol–water partition coefficient (Wildman–Crippen LogP) is 3.37. The lowest BCUT2D eigenvalue weighted by Crippen LogP contribution is -2.14. The van der Waals surface area contributed by atoms with E-state index in [1.807, 2.05) is 14.0 Å². The second-order valence-electron chi connectivity index (χ2n) is 6.27. The molecule has 0 aliphatic rings. The average Bonchev–Trinajstić information content (AvgIpc) is 3.31. The summed E-state index contributed by atoms with van der Waals surface area (Å²) in [5, 5.41) is 10.7. The predicted molar refractivity (Wildman–Crippen MR) is 104 cm³/mol. The van der Waals surface area contributed by atoms with Crippen molar-refractivity contribution in [3.8, 4) is 0 Å². The van der Waals surface area contributed by atoms with Gasteiger partial charge in [0.15, 0.2) is 11.4 Å². The van der Waals surface area contributed by atoms with Crippen molar-refractivity contribution in [3.05, 3.63) is 71.9 Å². The molecule has 4 rings (SSSR count). The van der Waals surface area contributed by atoms with Crippen LogP contribution in [0.15, 0.2) is 59.3 Å². The Hall–Kier alpha value is -3.94. The average molecular weight is 375 g/mol. The number of furan rings is 1. The van der Waals surface area contributed by atoms with E-state index in [-0.39, 0.29) is 17.6 Å². The molecule has 3 aromatic heterocycles. The van der Waals surface area contributed by atoms with E-state index in [0.717, 1.165) is 16.7 Å². The molecule has 1 aromatic carbocycles. The van der Waals surface area contributed by atoms with Crippen molar-refractivity contribution in [2.45, 2.75) is 6.92 Å². The lowest BCUT2D eigenvalue weighted by atomic mass is 10.2. The van der Waals surface area contributed by atoms with Gasteiger partial charge in [0.05, 0.1) is 17.5 Å². The number of hydrogen-bond donors (Lipinski definition) is 2. The van der Waals surface area contributed by atoms with Crippen LogP contribution in [0.25, 0.3) is 11.0 Å². The summed E-state index contributed by atoms with van der Waals surface area (Å²) in [5.41, 5.74) is 3.04. The minimum atomic E-state index is -0.366. The molecule has 140 valence electrons. The zero-order valence-electron chi connectivity index (χ0n) is 15.3. The number of carbonyl (C=O) groups is 2. The van der Waals surface area contributed by atoms with Gasteiger partial charge in [-0.1, -0.05) is 6.07 Å². The van der Waals surface area contributed by atoms with Crippen LogP contribution >= 0.6 is 0 Å². The van der Waals surface area contributed by atoms with Crippen molar-refractivity contribution in [1.82, 2.24) is 14.8 Å². The highest BCUT2D eigenvalue weighted by molar-refractivity contribution is 6.06. The Balaban J connectivity index is 1.52. The fraction of sp³-hybridized carbons (Fsp3) is 0.100. The maximum atomic E-state index is 12.6. The van der Waals surface area contributed by atoms with Gasteiger partial charge in [0, 0.05) is 30.0 Å². The van der Waals surface area contributed by atoms with E-state index in [2.05, 4.69) is 20.7 Å². The highest BCUT2D eigenvalue weighted by Crippen LogP contribution is 2.19. The highest BCUT2D eigenvalue weighted by atomic mass is 16.3. The molecular formula is C20H17N5O3. The van der Waals surface area contributed by atoms with Crippen molar-refractivity contribution < 1.29 is 14.0 Å². The van der Waals surface area contributed by atoms with Crippen LogP contribution in [0.2, 0.25) is 0 Å². The Labute approximate surface area is 160 Å². The molecule has 0 bridgehead atoms. The summed E-state index contributed by atoms with van der Waals surface area (Å²) in [5.74, 6) is -0.456. The topological polar surface area (TPSA) is 102 Å². The van der Waals surface area contributed by atoms with E-state index >= 15 is 0 Å². The van der Waals surface area contributed by atoms with Crippen LogP contribution in [-0.2, 0) is 7.05 Å². The number of carbonyl (C=O) groups excluding carboxylic acids is 2. The molecule has 2 amide bonds. The van der Waals surface area contributed by atoms with E-state index in [1.54, 1.807) is 47.1 Å². The monoisotopic (exact) mass is 375 g/mol. The van der Waals surface area contributed by atoms with Crippen molar-refractivity contribution in [1.29, 1.82) is 0 Å².